The Hall–Kier alpha value is -2.96. The van der Waals surface area contributed by atoms with E-state index in [4.69, 9.17) is 48.7 Å². The first-order valence-corrected chi connectivity index (χ1v) is 10.6. The van der Waals surface area contributed by atoms with Crippen LogP contribution in [0.5, 0.6) is 0 Å². The normalized spacial score (nSPS) is 11.2. The second-order valence-electron chi connectivity index (χ2n) is 6.80. The second-order valence-corrected chi connectivity index (χ2v) is 8.08. The highest BCUT2D eigenvalue weighted by Crippen LogP contribution is 2.32. The largest absolute Gasteiger partial charge is 0.459 e. The minimum absolute atomic E-state index is 0.192. The number of nitrogens with one attached hydrogen (secondary N) is 1. The molecule has 0 aliphatic heterocycles. The Morgan fingerprint density at radius 3 is 2.34 bits per heavy atom. The van der Waals surface area contributed by atoms with Crippen molar-refractivity contribution in [3.8, 4) is 22.6 Å². The van der Waals surface area contributed by atoms with Crippen molar-refractivity contribution in [3.05, 3.63) is 93.3 Å². The summed E-state index contributed by atoms with van der Waals surface area (Å²) in [4.78, 5) is 12.3. The summed E-state index contributed by atoms with van der Waals surface area (Å²) in [5.74, 6) is 1.71. The van der Waals surface area contributed by atoms with Crippen LogP contribution in [0.15, 0.2) is 75.6 Å². The third-order valence-electron chi connectivity index (χ3n) is 4.49. The van der Waals surface area contributed by atoms with Gasteiger partial charge in [-0.2, -0.15) is 0 Å². The van der Waals surface area contributed by atoms with Crippen molar-refractivity contribution in [1.29, 1.82) is 0 Å². The van der Waals surface area contributed by atoms with E-state index in [0.717, 1.165) is 5.56 Å². The van der Waals surface area contributed by atoms with Crippen LogP contribution in [0.1, 0.15) is 11.5 Å². The third-order valence-corrected chi connectivity index (χ3v) is 5.24. The van der Waals surface area contributed by atoms with E-state index < -0.39 is 0 Å². The van der Waals surface area contributed by atoms with Gasteiger partial charge >= 0.3 is 0 Å². The van der Waals surface area contributed by atoms with Gasteiger partial charge < -0.3 is 19.3 Å². The summed E-state index contributed by atoms with van der Waals surface area (Å²) >= 11 is 18.4. The molecule has 2 aromatic carbocycles. The fourth-order valence-corrected chi connectivity index (χ4v) is 3.84. The number of halogens is 3. The molecule has 1 amide bonds. The van der Waals surface area contributed by atoms with Crippen LogP contribution in [0, 0.1) is 0 Å². The maximum absolute atomic E-state index is 12.3. The Bertz CT molecular complexity index is 1290. The lowest BCUT2D eigenvalue weighted by Gasteiger charge is -2.06. The van der Waals surface area contributed by atoms with Gasteiger partial charge in [0, 0.05) is 32.9 Å². The molecule has 0 fully saturated rings. The molecule has 0 bridgehead atoms. The van der Waals surface area contributed by atoms with Gasteiger partial charge in [-0.3, -0.25) is 4.79 Å². The van der Waals surface area contributed by atoms with Gasteiger partial charge in [0.05, 0.1) is 5.02 Å². The highest BCUT2D eigenvalue weighted by atomic mass is 35.5. The van der Waals surface area contributed by atoms with Gasteiger partial charge in [-0.1, -0.05) is 34.8 Å². The zero-order valence-electron chi connectivity index (χ0n) is 16.4. The molecule has 162 valence electrons. The number of benzene rings is 2. The molecule has 32 heavy (non-hydrogen) atoms. The number of rotatable bonds is 6. The Morgan fingerprint density at radius 2 is 1.66 bits per heavy atom. The molecule has 0 aliphatic carbocycles. The van der Waals surface area contributed by atoms with E-state index in [0.29, 0.717) is 49.4 Å². The van der Waals surface area contributed by atoms with Gasteiger partial charge in [0.25, 0.3) is 0 Å². The number of amides is 1. The van der Waals surface area contributed by atoms with Crippen molar-refractivity contribution in [3.63, 3.8) is 0 Å². The van der Waals surface area contributed by atoms with Gasteiger partial charge in [0.2, 0.25) is 5.91 Å². The van der Waals surface area contributed by atoms with Crippen LogP contribution in [-0.2, 0) is 11.4 Å². The molecule has 5 nitrogen and oxygen atoms in total. The van der Waals surface area contributed by atoms with Crippen LogP contribution in [0.25, 0.3) is 28.7 Å². The number of carbonyl (C=O) groups excluding carboxylic acids is 1. The number of aliphatic hydroxyl groups excluding tert-OH is 1. The first-order chi connectivity index (χ1) is 15.4. The fourth-order valence-electron chi connectivity index (χ4n) is 3.04. The molecule has 0 unspecified atom stereocenters. The second kappa shape index (κ2) is 9.67. The summed E-state index contributed by atoms with van der Waals surface area (Å²) in [6.07, 6.45) is 2.91. The number of hydrogen-bond acceptors (Lipinski definition) is 4. The third kappa shape index (κ3) is 5.26. The molecule has 2 aromatic heterocycles. The average molecular weight is 489 g/mol. The SMILES string of the molecule is O=C(/C=C/c1ccc(-c2cc(Cl)cc(Cl)c2)o1)Nc1ccc(-c2ccc(CO)o2)c(Cl)c1. The van der Waals surface area contributed by atoms with E-state index in [1.807, 2.05) is 0 Å². The number of furan rings is 2. The maximum Gasteiger partial charge on any atom is 0.248 e. The molecular formula is C24H16Cl3NO4. The molecule has 2 N–H and O–H groups in total. The number of aliphatic hydroxyl groups is 1. The van der Waals surface area contributed by atoms with E-state index in [1.165, 1.54) is 6.08 Å². The van der Waals surface area contributed by atoms with Crippen LogP contribution < -0.4 is 5.32 Å². The first-order valence-electron chi connectivity index (χ1n) is 9.46. The molecule has 4 aromatic rings. The smallest absolute Gasteiger partial charge is 0.248 e. The fraction of sp³-hybridized carbons (Fsp3) is 0.0417. The zero-order valence-corrected chi connectivity index (χ0v) is 18.7. The summed E-state index contributed by atoms with van der Waals surface area (Å²) in [5, 5.41) is 13.3. The molecule has 0 radical (unpaired) electrons. The van der Waals surface area contributed by atoms with E-state index in [9.17, 15) is 4.79 Å². The molecule has 0 saturated carbocycles. The van der Waals surface area contributed by atoms with Crippen LogP contribution in [-0.4, -0.2) is 11.0 Å². The van der Waals surface area contributed by atoms with Crippen LogP contribution in [0.4, 0.5) is 5.69 Å². The topological polar surface area (TPSA) is 75.6 Å². The summed E-state index contributed by atoms with van der Waals surface area (Å²) in [6.45, 7) is -0.192. The number of anilines is 1. The van der Waals surface area contributed by atoms with Gasteiger partial charge in [-0.25, -0.2) is 0 Å². The zero-order chi connectivity index (χ0) is 22.7. The Morgan fingerprint density at radius 1 is 0.906 bits per heavy atom. The molecular weight excluding hydrogens is 473 g/mol. The van der Waals surface area contributed by atoms with Gasteiger partial charge in [-0.05, 0) is 66.7 Å². The lowest BCUT2D eigenvalue weighted by molar-refractivity contribution is -0.111. The summed E-state index contributed by atoms with van der Waals surface area (Å²) in [6, 6.07) is 17.1. The lowest BCUT2D eigenvalue weighted by atomic mass is 10.1. The van der Waals surface area contributed by atoms with Crippen molar-refractivity contribution in [2.24, 2.45) is 0 Å². The number of hydrogen-bond donors (Lipinski definition) is 2. The Labute approximate surface area is 198 Å². The van der Waals surface area contributed by atoms with E-state index in [-0.39, 0.29) is 12.5 Å². The van der Waals surface area contributed by atoms with Crippen LogP contribution in [0.3, 0.4) is 0 Å². The van der Waals surface area contributed by atoms with Crippen molar-refractivity contribution in [1.82, 2.24) is 0 Å². The minimum atomic E-state index is -0.349. The van der Waals surface area contributed by atoms with Crippen LogP contribution in [0.2, 0.25) is 15.1 Å². The predicted molar refractivity (Wildman–Crippen MR) is 127 cm³/mol. The molecule has 4 rings (SSSR count). The van der Waals surface area contributed by atoms with Crippen molar-refractivity contribution in [2.75, 3.05) is 5.32 Å². The van der Waals surface area contributed by atoms with E-state index in [2.05, 4.69) is 5.32 Å². The molecule has 0 saturated heterocycles. The van der Waals surface area contributed by atoms with E-state index in [1.54, 1.807) is 66.7 Å². The van der Waals surface area contributed by atoms with E-state index >= 15 is 0 Å². The summed E-state index contributed by atoms with van der Waals surface area (Å²) in [5.41, 5.74) is 1.92. The Balaban J connectivity index is 1.42. The van der Waals surface area contributed by atoms with Crippen molar-refractivity contribution >= 4 is 52.5 Å². The highest BCUT2D eigenvalue weighted by molar-refractivity contribution is 6.35. The average Bonchev–Trinajstić information content (AvgIpc) is 3.41. The van der Waals surface area contributed by atoms with Crippen LogP contribution >= 0.6 is 34.8 Å². The minimum Gasteiger partial charge on any atom is -0.459 e. The monoisotopic (exact) mass is 487 g/mol. The molecule has 0 aliphatic rings. The quantitative estimate of drug-likeness (QED) is 0.279. The standard InChI is InChI=1S/C24H16Cl3NO4/c25-15-9-14(10-16(26)11-15)22-6-2-18(31-22)4-8-24(30)28-17-1-5-20(21(27)12-17)23-7-3-19(13-29)32-23/h1-12,29H,13H2,(H,28,30)/b8-4+. The van der Waals surface area contributed by atoms with Gasteiger partial charge in [0.15, 0.2) is 0 Å². The summed E-state index contributed by atoms with van der Waals surface area (Å²) < 4.78 is 11.2. The van der Waals surface area contributed by atoms with Gasteiger partial charge in [0.1, 0.15) is 29.6 Å². The van der Waals surface area contributed by atoms with Crippen molar-refractivity contribution < 1.29 is 18.7 Å². The Kier molecular flexibility index (Phi) is 6.72. The predicted octanol–water partition coefficient (Wildman–Crippen LogP) is 7.31. The molecule has 8 heteroatoms. The first kappa shape index (κ1) is 22.2. The maximum atomic E-state index is 12.3. The molecule has 0 atom stereocenters. The molecule has 0 spiro atoms. The molecule has 2 heterocycles. The van der Waals surface area contributed by atoms with Crippen molar-refractivity contribution in [2.45, 2.75) is 6.61 Å². The highest BCUT2D eigenvalue weighted by Gasteiger charge is 2.10. The van der Waals surface area contributed by atoms with Gasteiger partial charge in [-0.15, -0.1) is 0 Å². The summed E-state index contributed by atoms with van der Waals surface area (Å²) in [7, 11) is 0. The number of carbonyl (C=O) groups is 1. The lowest BCUT2D eigenvalue weighted by Crippen LogP contribution is -2.07.